The van der Waals surface area contributed by atoms with Gasteiger partial charge in [0, 0.05) is 13.7 Å². The topological polar surface area (TPSA) is 109 Å². The Labute approximate surface area is 110 Å². The molecule has 2 bridgehead atoms. The predicted molar refractivity (Wildman–Crippen MR) is 61.1 cm³/mol. The molecule has 2 saturated heterocycles. The molecule has 110 valence electrons. The second kappa shape index (κ2) is 6.12. The lowest BCUT2D eigenvalue weighted by Crippen LogP contribution is -2.61. The second-order valence-electron chi connectivity index (χ2n) is 4.65. The van der Waals surface area contributed by atoms with Gasteiger partial charge in [0.2, 0.25) is 5.91 Å². The molecule has 2 aliphatic rings. The normalized spacial score (nSPS) is 37.7. The Morgan fingerprint density at radius 2 is 2.26 bits per heavy atom. The molecule has 2 fully saturated rings. The zero-order chi connectivity index (χ0) is 14.0. The zero-order valence-corrected chi connectivity index (χ0v) is 10.6. The molecule has 0 saturated carbocycles. The van der Waals surface area contributed by atoms with E-state index in [1.165, 1.54) is 12.0 Å². The van der Waals surface area contributed by atoms with Gasteiger partial charge >= 0.3 is 0 Å². The molecule has 2 aliphatic heterocycles. The number of ether oxygens (including phenoxy) is 3. The predicted octanol–water partition coefficient (Wildman–Crippen LogP) is -2.70. The fourth-order valence-electron chi connectivity index (χ4n) is 2.29. The maximum atomic E-state index is 11.9. The molecule has 0 spiro atoms. The molecule has 8 nitrogen and oxygen atoms in total. The summed E-state index contributed by atoms with van der Waals surface area (Å²) in [6.07, 6.45) is -4.86. The number of aliphatic hydroxyl groups excluding tert-OH is 3. The molecule has 1 unspecified atom stereocenters. The number of morpholine rings is 1. The van der Waals surface area contributed by atoms with Crippen molar-refractivity contribution < 1.29 is 34.3 Å². The average molecular weight is 277 g/mol. The number of methoxy groups -OCH3 is 1. The first-order chi connectivity index (χ1) is 9.06. The van der Waals surface area contributed by atoms with Crippen molar-refractivity contribution >= 4 is 5.91 Å². The Balaban J connectivity index is 2.16. The molecule has 3 N–H and O–H groups in total. The molecule has 0 aliphatic carbocycles. The van der Waals surface area contributed by atoms with Gasteiger partial charge in [0.25, 0.3) is 0 Å². The van der Waals surface area contributed by atoms with Gasteiger partial charge in [0.1, 0.15) is 31.0 Å². The van der Waals surface area contributed by atoms with Gasteiger partial charge < -0.3 is 34.4 Å². The maximum absolute atomic E-state index is 11.9. The van der Waals surface area contributed by atoms with Gasteiger partial charge in [-0.25, -0.2) is 0 Å². The molecule has 19 heavy (non-hydrogen) atoms. The summed E-state index contributed by atoms with van der Waals surface area (Å²) >= 11 is 0. The SMILES string of the molecule is CO[C@H]1CN2C[C@@H](O1)[C@@H](O)C([C@H](O)CO)OCC2=O. The molecule has 1 amide bonds. The molecule has 0 aromatic heterocycles. The first-order valence-electron chi connectivity index (χ1n) is 6.11. The van der Waals surface area contributed by atoms with E-state index in [0.717, 1.165) is 0 Å². The largest absolute Gasteiger partial charge is 0.394 e. The Hall–Kier alpha value is -0.770. The molecule has 0 aromatic rings. The van der Waals surface area contributed by atoms with E-state index in [2.05, 4.69) is 0 Å². The number of aliphatic hydroxyl groups is 3. The molecular formula is C11H19NO7. The van der Waals surface area contributed by atoms with E-state index in [4.69, 9.17) is 19.3 Å². The minimum atomic E-state index is -1.28. The van der Waals surface area contributed by atoms with E-state index in [9.17, 15) is 15.0 Å². The zero-order valence-electron chi connectivity index (χ0n) is 10.6. The Morgan fingerprint density at radius 3 is 2.89 bits per heavy atom. The fraction of sp³-hybridized carbons (Fsp3) is 0.909. The quantitative estimate of drug-likeness (QED) is 0.515. The molecule has 2 heterocycles. The number of carbonyl (C=O) groups is 1. The monoisotopic (exact) mass is 277 g/mol. The third kappa shape index (κ3) is 3.04. The first-order valence-corrected chi connectivity index (χ1v) is 6.11. The number of rotatable bonds is 3. The van der Waals surface area contributed by atoms with Gasteiger partial charge in [0.15, 0.2) is 6.29 Å². The van der Waals surface area contributed by atoms with E-state index in [0.29, 0.717) is 0 Å². The van der Waals surface area contributed by atoms with Crippen molar-refractivity contribution in [3.05, 3.63) is 0 Å². The van der Waals surface area contributed by atoms with Crippen molar-refractivity contribution in [1.29, 1.82) is 0 Å². The Morgan fingerprint density at radius 1 is 1.53 bits per heavy atom. The van der Waals surface area contributed by atoms with Crippen LogP contribution in [0.15, 0.2) is 0 Å². The van der Waals surface area contributed by atoms with Gasteiger partial charge in [-0.05, 0) is 0 Å². The molecule has 8 heteroatoms. The summed E-state index contributed by atoms with van der Waals surface area (Å²) in [7, 11) is 1.45. The van der Waals surface area contributed by atoms with Gasteiger partial charge in [-0.3, -0.25) is 4.79 Å². The van der Waals surface area contributed by atoms with Crippen molar-refractivity contribution in [3.8, 4) is 0 Å². The number of hydrogen-bond donors (Lipinski definition) is 3. The summed E-state index contributed by atoms with van der Waals surface area (Å²) in [5, 5.41) is 28.8. The molecule has 2 rings (SSSR count). The lowest BCUT2D eigenvalue weighted by Gasteiger charge is -2.43. The van der Waals surface area contributed by atoms with Crippen LogP contribution in [-0.2, 0) is 19.0 Å². The van der Waals surface area contributed by atoms with Crippen molar-refractivity contribution in [1.82, 2.24) is 4.90 Å². The van der Waals surface area contributed by atoms with Crippen LogP contribution in [0.25, 0.3) is 0 Å². The van der Waals surface area contributed by atoms with Crippen molar-refractivity contribution in [2.75, 3.05) is 33.4 Å². The Kier molecular flexibility index (Phi) is 4.71. The van der Waals surface area contributed by atoms with E-state index >= 15 is 0 Å². The van der Waals surface area contributed by atoms with Crippen LogP contribution in [0.5, 0.6) is 0 Å². The van der Waals surface area contributed by atoms with Crippen LogP contribution in [0.4, 0.5) is 0 Å². The van der Waals surface area contributed by atoms with Crippen molar-refractivity contribution in [2.45, 2.75) is 30.7 Å². The fourth-order valence-corrected chi connectivity index (χ4v) is 2.29. The third-order valence-electron chi connectivity index (χ3n) is 3.40. The highest BCUT2D eigenvalue weighted by molar-refractivity contribution is 5.77. The molecule has 0 aromatic carbocycles. The van der Waals surface area contributed by atoms with E-state index in [1.807, 2.05) is 0 Å². The lowest BCUT2D eigenvalue weighted by molar-refractivity contribution is -0.249. The van der Waals surface area contributed by atoms with E-state index < -0.39 is 37.3 Å². The number of nitrogens with zero attached hydrogens (tertiary/aromatic N) is 1. The molecule has 5 atom stereocenters. The minimum Gasteiger partial charge on any atom is -0.394 e. The lowest BCUT2D eigenvalue weighted by atomic mass is 10.0. The summed E-state index contributed by atoms with van der Waals surface area (Å²) in [6, 6.07) is 0. The highest BCUT2D eigenvalue weighted by Crippen LogP contribution is 2.22. The minimum absolute atomic E-state index is 0.206. The Bertz CT molecular complexity index is 326. The average Bonchev–Trinajstić information content (AvgIpc) is 2.45. The van der Waals surface area contributed by atoms with Crippen LogP contribution in [0, 0.1) is 0 Å². The summed E-state index contributed by atoms with van der Waals surface area (Å²) in [4.78, 5) is 13.4. The van der Waals surface area contributed by atoms with Crippen LogP contribution in [0.2, 0.25) is 0 Å². The summed E-state index contributed by atoms with van der Waals surface area (Å²) in [6.45, 7) is -0.352. The van der Waals surface area contributed by atoms with Crippen molar-refractivity contribution in [2.24, 2.45) is 0 Å². The molecular weight excluding hydrogens is 258 g/mol. The summed E-state index contributed by atoms with van der Waals surface area (Å²) in [5.74, 6) is -0.266. The van der Waals surface area contributed by atoms with E-state index in [-0.39, 0.29) is 25.6 Å². The number of hydrogen-bond acceptors (Lipinski definition) is 7. The van der Waals surface area contributed by atoms with Crippen LogP contribution in [-0.4, -0.2) is 90.2 Å². The maximum Gasteiger partial charge on any atom is 0.248 e. The highest BCUT2D eigenvalue weighted by atomic mass is 16.7. The summed E-state index contributed by atoms with van der Waals surface area (Å²) in [5.41, 5.74) is 0. The van der Waals surface area contributed by atoms with Crippen LogP contribution in [0.1, 0.15) is 0 Å². The number of carbonyl (C=O) groups excluding carboxylic acids is 1. The second-order valence-corrected chi connectivity index (χ2v) is 4.65. The molecule has 0 radical (unpaired) electrons. The van der Waals surface area contributed by atoms with Crippen LogP contribution < -0.4 is 0 Å². The number of amides is 1. The van der Waals surface area contributed by atoms with Gasteiger partial charge in [-0.15, -0.1) is 0 Å². The first kappa shape index (κ1) is 14.6. The van der Waals surface area contributed by atoms with Gasteiger partial charge in [0.05, 0.1) is 13.2 Å². The smallest absolute Gasteiger partial charge is 0.248 e. The van der Waals surface area contributed by atoms with E-state index in [1.54, 1.807) is 0 Å². The highest BCUT2D eigenvalue weighted by Gasteiger charge is 2.42. The van der Waals surface area contributed by atoms with Gasteiger partial charge in [-0.2, -0.15) is 0 Å². The standard InChI is InChI=1S/C11H19NO7/c1-17-9-3-12-2-7(19-9)10(16)11(6(14)4-13)18-5-8(12)15/h6-7,9-11,13-14,16H,2-5H2,1H3/t6-,7-,9-,10-,11?/m1/s1. The van der Waals surface area contributed by atoms with Crippen LogP contribution >= 0.6 is 0 Å². The summed E-state index contributed by atoms with van der Waals surface area (Å²) < 4.78 is 15.7. The number of fused-ring (bicyclic) bond motifs is 2. The van der Waals surface area contributed by atoms with Crippen molar-refractivity contribution in [3.63, 3.8) is 0 Å². The third-order valence-corrected chi connectivity index (χ3v) is 3.40. The van der Waals surface area contributed by atoms with Gasteiger partial charge in [-0.1, -0.05) is 0 Å². The van der Waals surface area contributed by atoms with Crippen LogP contribution in [0.3, 0.4) is 0 Å².